The van der Waals surface area contributed by atoms with E-state index in [0.29, 0.717) is 36.1 Å². The molecule has 202 valence electrons. The molecule has 2 heterocycles. The van der Waals surface area contributed by atoms with Crippen LogP contribution in [0.2, 0.25) is 0 Å². The number of amides is 1. The van der Waals surface area contributed by atoms with Crippen molar-refractivity contribution in [2.75, 3.05) is 20.3 Å². The normalized spacial score (nSPS) is 14.6. The Morgan fingerprint density at radius 2 is 1.74 bits per heavy atom. The van der Waals surface area contributed by atoms with Crippen molar-refractivity contribution in [2.45, 2.75) is 52.5 Å². The highest BCUT2D eigenvalue weighted by Crippen LogP contribution is 2.39. The van der Waals surface area contributed by atoms with Crippen molar-refractivity contribution in [1.29, 1.82) is 0 Å². The van der Waals surface area contributed by atoms with Crippen LogP contribution in [0.25, 0.3) is 11.0 Å². The molecule has 0 N–H and O–H groups in total. The van der Waals surface area contributed by atoms with Crippen molar-refractivity contribution in [3.63, 3.8) is 0 Å². The van der Waals surface area contributed by atoms with E-state index in [4.69, 9.17) is 13.9 Å². The van der Waals surface area contributed by atoms with Gasteiger partial charge in [-0.05, 0) is 79.3 Å². The molecule has 0 aliphatic carbocycles. The van der Waals surface area contributed by atoms with Gasteiger partial charge in [-0.2, -0.15) is 0 Å². The Bertz CT molecular complexity index is 1550. The molecule has 6 nitrogen and oxygen atoms in total. The predicted octanol–water partition coefficient (Wildman–Crippen LogP) is 6.78. The molecule has 0 bridgehead atoms. The fraction of sp³-hybridized carbons (Fsp3) is 0.333. The quantitative estimate of drug-likeness (QED) is 0.214. The van der Waals surface area contributed by atoms with Gasteiger partial charge in [0.2, 0.25) is 5.76 Å². The van der Waals surface area contributed by atoms with Gasteiger partial charge < -0.3 is 18.8 Å². The van der Waals surface area contributed by atoms with Crippen molar-refractivity contribution < 1.29 is 18.7 Å². The summed E-state index contributed by atoms with van der Waals surface area (Å²) in [5.41, 5.74) is 4.43. The Hall–Kier alpha value is -4.06. The van der Waals surface area contributed by atoms with Gasteiger partial charge in [-0.15, -0.1) is 0 Å². The lowest BCUT2D eigenvalue weighted by Crippen LogP contribution is -2.31. The fourth-order valence-corrected chi connectivity index (χ4v) is 5.45. The highest BCUT2D eigenvalue weighted by atomic mass is 16.5. The van der Waals surface area contributed by atoms with Crippen LogP contribution in [0.1, 0.15) is 70.6 Å². The summed E-state index contributed by atoms with van der Waals surface area (Å²) in [5.74, 6) is 1.38. The zero-order valence-corrected chi connectivity index (χ0v) is 23.1. The number of benzene rings is 3. The monoisotopic (exact) mass is 525 g/mol. The Morgan fingerprint density at radius 1 is 0.949 bits per heavy atom. The van der Waals surface area contributed by atoms with Gasteiger partial charge in [0.25, 0.3) is 5.91 Å². The van der Waals surface area contributed by atoms with Gasteiger partial charge in [0.1, 0.15) is 17.1 Å². The van der Waals surface area contributed by atoms with Gasteiger partial charge in [0.05, 0.1) is 30.7 Å². The van der Waals surface area contributed by atoms with Crippen LogP contribution in [0.15, 0.2) is 69.9 Å². The van der Waals surface area contributed by atoms with E-state index < -0.39 is 6.04 Å². The van der Waals surface area contributed by atoms with Crippen LogP contribution in [0.4, 0.5) is 0 Å². The second-order valence-corrected chi connectivity index (χ2v) is 10.3. The number of carbonyl (C=O) groups excluding carboxylic acids is 1. The Labute approximate surface area is 229 Å². The van der Waals surface area contributed by atoms with Crippen LogP contribution in [0.3, 0.4) is 0 Å². The van der Waals surface area contributed by atoms with E-state index in [1.165, 1.54) is 0 Å². The van der Waals surface area contributed by atoms with Crippen molar-refractivity contribution in [2.24, 2.45) is 0 Å². The first-order valence-corrected chi connectivity index (χ1v) is 13.7. The molecule has 0 fully saturated rings. The molecule has 1 atom stereocenters. The molecule has 1 amide bonds. The zero-order valence-electron chi connectivity index (χ0n) is 23.1. The Morgan fingerprint density at radius 3 is 2.49 bits per heavy atom. The minimum absolute atomic E-state index is 0.131. The van der Waals surface area contributed by atoms with Crippen molar-refractivity contribution in [3.05, 3.63) is 104 Å². The molecule has 0 saturated carbocycles. The molecular formula is C33H35NO5. The number of aryl methyl sites for hydroxylation is 2. The molecule has 0 saturated heterocycles. The van der Waals surface area contributed by atoms with Crippen molar-refractivity contribution in [3.8, 4) is 11.5 Å². The average Bonchev–Trinajstić information content (AvgIpc) is 3.21. The maximum absolute atomic E-state index is 14.0. The summed E-state index contributed by atoms with van der Waals surface area (Å²) in [6, 6.07) is 18.8. The van der Waals surface area contributed by atoms with E-state index in [9.17, 15) is 9.59 Å². The maximum Gasteiger partial charge on any atom is 0.290 e. The zero-order chi connectivity index (χ0) is 27.5. The van der Waals surface area contributed by atoms with Gasteiger partial charge in [-0.25, -0.2) is 0 Å². The number of carbonyl (C=O) groups is 1. The van der Waals surface area contributed by atoms with Crippen LogP contribution in [0.5, 0.6) is 11.5 Å². The molecule has 0 spiro atoms. The summed E-state index contributed by atoms with van der Waals surface area (Å²) < 4.78 is 17.5. The minimum atomic E-state index is -0.564. The SMILES string of the molecule is CCCCCOc1cccc(C2c3c(oc4cc(C)cc(C)c4c3=O)C(=O)N2CCc2ccc(OC)cc2)c1. The highest BCUT2D eigenvalue weighted by Gasteiger charge is 2.42. The minimum Gasteiger partial charge on any atom is -0.497 e. The lowest BCUT2D eigenvalue weighted by atomic mass is 9.96. The number of methoxy groups -OCH3 is 1. The van der Waals surface area contributed by atoms with Crippen molar-refractivity contribution >= 4 is 16.9 Å². The molecule has 4 aromatic rings. The molecule has 1 aliphatic rings. The van der Waals surface area contributed by atoms with Gasteiger partial charge >= 0.3 is 0 Å². The molecule has 39 heavy (non-hydrogen) atoms. The topological polar surface area (TPSA) is 69.0 Å². The number of unbranched alkanes of at least 4 members (excludes halogenated alkanes) is 2. The summed E-state index contributed by atoms with van der Waals surface area (Å²) >= 11 is 0. The lowest BCUT2D eigenvalue weighted by molar-refractivity contribution is 0.0729. The number of hydrogen-bond acceptors (Lipinski definition) is 5. The third-order valence-electron chi connectivity index (χ3n) is 7.40. The average molecular weight is 526 g/mol. The Kier molecular flexibility index (Phi) is 7.73. The van der Waals surface area contributed by atoms with Crippen LogP contribution in [0, 0.1) is 13.8 Å². The molecule has 1 aromatic heterocycles. The first-order chi connectivity index (χ1) is 18.9. The maximum atomic E-state index is 14.0. The van der Waals surface area contributed by atoms with Gasteiger partial charge in [-0.1, -0.05) is 50.1 Å². The van der Waals surface area contributed by atoms with Crippen molar-refractivity contribution in [1.82, 2.24) is 4.90 Å². The smallest absolute Gasteiger partial charge is 0.290 e. The van der Waals surface area contributed by atoms with E-state index in [-0.39, 0.29) is 17.1 Å². The van der Waals surface area contributed by atoms with Crippen LogP contribution in [-0.2, 0) is 6.42 Å². The van der Waals surface area contributed by atoms with E-state index in [1.54, 1.807) is 12.0 Å². The predicted molar refractivity (Wildman–Crippen MR) is 153 cm³/mol. The second kappa shape index (κ2) is 11.4. The first-order valence-electron chi connectivity index (χ1n) is 13.7. The summed E-state index contributed by atoms with van der Waals surface area (Å²) in [4.78, 5) is 29.6. The van der Waals surface area contributed by atoms with E-state index in [0.717, 1.165) is 53.0 Å². The fourth-order valence-electron chi connectivity index (χ4n) is 5.45. The summed E-state index contributed by atoms with van der Waals surface area (Å²) in [5, 5.41) is 0.529. The first kappa shape index (κ1) is 26.5. The standard InChI is InChI=1S/C33H35NO5/c1-5-6-7-17-38-26-10-8-9-24(20-26)30-29-31(35)28-22(3)18-21(2)19-27(28)39-32(29)33(36)34(30)16-15-23-11-13-25(37-4)14-12-23/h8-14,18-20,30H,5-7,15-17H2,1-4H3. The third kappa shape index (κ3) is 5.29. The molecular weight excluding hydrogens is 490 g/mol. The molecule has 6 heteroatoms. The largest absolute Gasteiger partial charge is 0.497 e. The van der Waals surface area contributed by atoms with Crippen LogP contribution < -0.4 is 14.9 Å². The third-order valence-corrected chi connectivity index (χ3v) is 7.40. The summed E-state index contributed by atoms with van der Waals surface area (Å²) in [6.45, 7) is 7.08. The number of ether oxygens (including phenoxy) is 2. The molecule has 3 aromatic carbocycles. The summed E-state index contributed by atoms with van der Waals surface area (Å²) in [7, 11) is 1.64. The van der Waals surface area contributed by atoms with Crippen LogP contribution in [-0.4, -0.2) is 31.1 Å². The summed E-state index contributed by atoms with van der Waals surface area (Å²) in [6.07, 6.45) is 3.83. The van der Waals surface area contributed by atoms with E-state index in [1.807, 2.05) is 74.5 Å². The number of nitrogens with zero attached hydrogens (tertiary/aromatic N) is 1. The second-order valence-electron chi connectivity index (χ2n) is 10.3. The van der Waals surface area contributed by atoms with E-state index in [2.05, 4.69) is 6.92 Å². The number of rotatable bonds is 10. The molecule has 1 unspecified atom stereocenters. The number of fused-ring (bicyclic) bond motifs is 2. The molecule has 1 aliphatic heterocycles. The van der Waals surface area contributed by atoms with Gasteiger partial charge in [0, 0.05) is 6.54 Å². The van der Waals surface area contributed by atoms with E-state index >= 15 is 0 Å². The van der Waals surface area contributed by atoms with Gasteiger partial charge in [-0.3, -0.25) is 9.59 Å². The van der Waals surface area contributed by atoms with Gasteiger partial charge in [0.15, 0.2) is 5.43 Å². The molecule has 0 radical (unpaired) electrons. The van der Waals surface area contributed by atoms with Crippen LogP contribution >= 0.6 is 0 Å². The highest BCUT2D eigenvalue weighted by molar-refractivity contribution is 5.99. The Balaban J connectivity index is 1.57. The lowest BCUT2D eigenvalue weighted by Gasteiger charge is -2.25. The number of hydrogen-bond donors (Lipinski definition) is 0. The molecule has 5 rings (SSSR count).